The molecule has 0 amide bonds. The number of hydrogen-bond donors (Lipinski definition) is 1. The monoisotopic (exact) mass is 202 g/mol. The molecule has 2 aromatic rings. The van der Waals surface area contributed by atoms with Gasteiger partial charge < -0.3 is 5.73 Å². The van der Waals surface area contributed by atoms with Crippen molar-refractivity contribution in [3.63, 3.8) is 0 Å². The highest BCUT2D eigenvalue weighted by atomic mass is 15.1. The summed E-state index contributed by atoms with van der Waals surface area (Å²) in [6.45, 7) is 0. The Kier molecular flexibility index (Phi) is 1.87. The van der Waals surface area contributed by atoms with E-state index in [0.717, 1.165) is 5.65 Å². The molecule has 1 aliphatic rings. The summed E-state index contributed by atoms with van der Waals surface area (Å²) in [7, 11) is 0. The lowest BCUT2D eigenvalue weighted by molar-refractivity contribution is 0.689. The first-order valence-corrected chi connectivity index (χ1v) is 5.43. The van der Waals surface area contributed by atoms with Gasteiger partial charge >= 0.3 is 0 Å². The second kappa shape index (κ2) is 3.22. The zero-order valence-electron chi connectivity index (χ0n) is 8.56. The van der Waals surface area contributed by atoms with Gasteiger partial charge in [-0.3, -0.25) is 4.40 Å². The molecule has 0 bridgehead atoms. The third kappa shape index (κ3) is 1.28. The minimum atomic E-state index is 0.516. The summed E-state index contributed by atoms with van der Waals surface area (Å²) in [5.74, 6) is 1.17. The lowest BCUT2D eigenvalue weighted by Crippen LogP contribution is -2.00. The standard InChI is InChI=1S/C11H14N4/c12-10-11-14-7-9(8-3-1-2-4-8)15(11)6-5-13-10/h5-8H,1-4H2,(H2,12,13). The first-order chi connectivity index (χ1) is 7.36. The molecule has 1 fully saturated rings. The second-order valence-electron chi connectivity index (χ2n) is 4.17. The lowest BCUT2D eigenvalue weighted by Gasteiger charge is -2.08. The van der Waals surface area contributed by atoms with Gasteiger partial charge in [-0.25, -0.2) is 9.97 Å². The van der Waals surface area contributed by atoms with Gasteiger partial charge in [-0.2, -0.15) is 0 Å². The number of anilines is 1. The van der Waals surface area contributed by atoms with E-state index in [1.54, 1.807) is 6.20 Å². The van der Waals surface area contributed by atoms with Crippen LogP contribution < -0.4 is 5.73 Å². The van der Waals surface area contributed by atoms with Crippen molar-refractivity contribution in [2.75, 3.05) is 5.73 Å². The van der Waals surface area contributed by atoms with E-state index in [4.69, 9.17) is 5.73 Å². The highest BCUT2D eigenvalue weighted by Gasteiger charge is 2.20. The molecule has 0 aromatic carbocycles. The molecule has 2 N–H and O–H groups in total. The predicted molar refractivity (Wildman–Crippen MR) is 58.6 cm³/mol. The van der Waals surface area contributed by atoms with E-state index < -0.39 is 0 Å². The molecule has 78 valence electrons. The van der Waals surface area contributed by atoms with Gasteiger partial charge in [-0.05, 0) is 12.8 Å². The molecular weight excluding hydrogens is 188 g/mol. The zero-order valence-corrected chi connectivity index (χ0v) is 8.56. The van der Waals surface area contributed by atoms with Crippen LogP contribution in [0, 0.1) is 0 Å². The first-order valence-electron chi connectivity index (χ1n) is 5.43. The van der Waals surface area contributed by atoms with Crippen LogP contribution in [-0.2, 0) is 0 Å². The summed E-state index contributed by atoms with van der Waals surface area (Å²) < 4.78 is 2.08. The maximum Gasteiger partial charge on any atom is 0.180 e. The second-order valence-corrected chi connectivity index (χ2v) is 4.17. The Morgan fingerprint density at radius 2 is 2.07 bits per heavy atom. The van der Waals surface area contributed by atoms with E-state index >= 15 is 0 Å². The SMILES string of the molecule is Nc1nccn2c(C3CCCC3)cnc12. The molecule has 15 heavy (non-hydrogen) atoms. The summed E-state index contributed by atoms with van der Waals surface area (Å²) in [4.78, 5) is 8.38. The van der Waals surface area contributed by atoms with E-state index in [9.17, 15) is 0 Å². The first kappa shape index (κ1) is 8.71. The van der Waals surface area contributed by atoms with Crippen molar-refractivity contribution in [3.8, 4) is 0 Å². The molecule has 0 saturated heterocycles. The maximum absolute atomic E-state index is 5.77. The Morgan fingerprint density at radius 1 is 1.27 bits per heavy atom. The Morgan fingerprint density at radius 3 is 2.87 bits per heavy atom. The fraction of sp³-hybridized carbons (Fsp3) is 0.455. The summed E-state index contributed by atoms with van der Waals surface area (Å²) in [5.41, 5.74) is 7.85. The van der Waals surface area contributed by atoms with Gasteiger partial charge in [0, 0.05) is 30.2 Å². The van der Waals surface area contributed by atoms with Gasteiger partial charge in [0.25, 0.3) is 0 Å². The zero-order chi connectivity index (χ0) is 10.3. The molecule has 0 spiro atoms. The third-order valence-electron chi connectivity index (χ3n) is 3.26. The van der Waals surface area contributed by atoms with Crippen LogP contribution in [0.4, 0.5) is 5.82 Å². The number of aromatic nitrogens is 3. The molecule has 2 heterocycles. The predicted octanol–water partition coefficient (Wildman–Crippen LogP) is 1.97. The van der Waals surface area contributed by atoms with Gasteiger partial charge in [0.05, 0.1) is 0 Å². The molecule has 0 unspecified atom stereocenters. The summed E-state index contributed by atoms with van der Waals surface area (Å²) in [5, 5.41) is 0. The molecular formula is C11H14N4. The summed E-state index contributed by atoms with van der Waals surface area (Å²) in [6.07, 6.45) is 10.8. The van der Waals surface area contributed by atoms with Gasteiger partial charge in [0.15, 0.2) is 11.5 Å². The molecule has 1 saturated carbocycles. The highest BCUT2D eigenvalue weighted by Crippen LogP contribution is 2.34. The number of imidazole rings is 1. The summed E-state index contributed by atoms with van der Waals surface area (Å²) in [6, 6.07) is 0. The van der Waals surface area contributed by atoms with Crippen LogP contribution in [0.1, 0.15) is 37.3 Å². The third-order valence-corrected chi connectivity index (χ3v) is 3.26. The number of nitrogens with zero attached hydrogens (tertiary/aromatic N) is 3. The van der Waals surface area contributed by atoms with E-state index in [0.29, 0.717) is 11.7 Å². The molecule has 4 heteroatoms. The van der Waals surface area contributed by atoms with Gasteiger partial charge in [0.2, 0.25) is 0 Å². The maximum atomic E-state index is 5.77. The van der Waals surface area contributed by atoms with Gasteiger partial charge in [-0.1, -0.05) is 12.8 Å². The van der Waals surface area contributed by atoms with Crippen LogP contribution in [0.2, 0.25) is 0 Å². The number of nitrogen functional groups attached to an aromatic ring is 1. The van der Waals surface area contributed by atoms with E-state index in [1.807, 2.05) is 12.4 Å². The quantitative estimate of drug-likeness (QED) is 0.769. The van der Waals surface area contributed by atoms with Crippen molar-refractivity contribution in [3.05, 3.63) is 24.3 Å². The fourth-order valence-electron chi connectivity index (χ4n) is 2.48. The average molecular weight is 202 g/mol. The average Bonchev–Trinajstić information content (AvgIpc) is 2.85. The van der Waals surface area contributed by atoms with Crippen molar-refractivity contribution < 1.29 is 0 Å². The van der Waals surface area contributed by atoms with E-state index in [-0.39, 0.29) is 0 Å². The van der Waals surface area contributed by atoms with Crippen LogP contribution in [0.25, 0.3) is 5.65 Å². The van der Waals surface area contributed by atoms with Crippen molar-refractivity contribution in [1.29, 1.82) is 0 Å². The van der Waals surface area contributed by atoms with Crippen LogP contribution in [0.3, 0.4) is 0 Å². The van der Waals surface area contributed by atoms with E-state index in [2.05, 4.69) is 14.4 Å². The Hall–Kier alpha value is -1.58. The molecule has 0 aliphatic heterocycles. The van der Waals surface area contributed by atoms with Crippen molar-refractivity contribution in [1.82, 2.24) is 14.4 Å². The molecule has 1 aliphatic carbocycles. The van der Waals surface area contributed by atoms with E-state index in [1.165, 1.54) is 31.4 Å². The number of fused-ring (bicyclic) bond motifs is 1. The van der Waals surface area contributed by atoms with Crippen LogP contribution in [0.5, 0.6) is 0 Å². The number of rotatable bonds is 1. The van der Waals surface area contributed by atoms with Crippen LogP contribution in [0.15, 0.2) is 18.6 Å². The van der Waals surface area contributed by atoms with Crippen molar-refractivity contribution in [2.45, 2.75) is 31.6 Å². The Labute approximate surface area is 88.1 Å². The van der Waals surface area contributed by atoms with Crippen molar-refractivity contribution >= 4 is 11.5 Å². The topological polar surface area (TPSA) is 56.2 Å². The van der Waals surface area contributed by atoms with Crippen molar-refractivity contribution in [2.24, 2.45) is 0 Å². The minimum absolute atomic E-state index is 0.516. The molecule has 2 aromatic heterocycles. The molecule has 4 nitrogen and oxygen atoms in total. The molecule has 0 radical (unpaired) electrons. The highest BCUT2D eigenvalue weighted by molar-refractivity contribution is 5.59. The smallest absolute Gasteiger partial charge is 0.180 e. The van der Waals surface area contributed by atoms with Crippen LogP contribution in [-0.4, -0.2) is 14.4 Å². The normalized spacial score (nSPS) is 17.6. The van der Waals surface area contributed by atoms with Gasteiger partial charge in [-0.15, -0.1) is 0 Å². The summed E-state index contributed by atoms with van der Waals surface area (Å²) >= 11 is 0. The Bertz CT molecular complexity index is 482. The van der Waals surface area contributed by atoms with Gasteiger partial charge in [0.1, 0.15) is 0 Å². The number of nitrogens with two attached hydrogens (primary N) is 1. The molecule has 3 rings (SSSR count). The Balaban J connectivity index is 2.15. The minimum Gasteiger partial charge on any atom is -0.381 e. The fourth-order valence-corrected chi connectivity index (χ4v) is 2.48. The lowest BCUT2D eigenvalue weighted by atomic mass is 10.1. The number of hydrogen-bond acceptors (Lipinski definition) is 3. The largest absolute Gasteiger partial charge is 0.381 e. The van der Waals surface area contributed by atoms with Crippen LogP contribution >= 0.6 is 0 Å². The molecule has 0 atom stereocenters.